The highest BCUT2D eigenvalue weighted by atomic mass is 35.5. The van der Waals surface area contributed by atoms with Crippen LogP contribution in [0.15, 0.2) is 71.7 Å². The fourth-order valence-electron chi connectivity index (χ4n) is 5.43. The first-order valence-electron chi connectivity index (χ1n) is 16.9. The minimum Gasteiger partial charge on any atom is -0.494 e. The SMILES string of the molecule is CCCCCCCCCCCCC(=O)N(Cl)c1ccccc1N=C1NN(c2c(Cl)cc(Cl)cc2OC)C(=O)C1OC(=O)OCc1ccccc1. The Balaban J connectivity index is 1.50. The summed E-state index contributed by atoms with van der Waals surface area (Å²) in [6, 6.07) is 18.6. The zero-order valence-corrected chi connectivity index (χ0v) is 30.6. The molecule has 0 radical (unpaired) electrons. The normalized spacial score (nSPS) is 14.8. The molecule has 268 valence electrons. The van der Waals surface area contributed by atoms with Crippen LogP contribution in [0.25, 0.3) is 0 Å². The number of hydrazine groups is 1. The molecule has 2 amide bonds. The third kappa shape index (κ3) is 11.0. The molecule has 1 heterocycles. The number of nitrogens with one attached hydrogen (secondary N) is 1. The summed E-state index contributed by atoms with van der Waals surface area (Å²) in [6.45, 7) is 2.14. The second-order valence-electron chi connectivity index (χ2n) is 11.8. The lowest BCUT2D eigenvalue weighted by atomic mass is 10.1. The maximum Gasteiger partial charge on any atom is 0.509 e. The van der Waals surface area contributed by atoms with E-state index in [4.69, 9.17) is 49.2 Å². The van der Waals surface area contributed by atoms with E-state index in [1.54, 1.807) is 48.5 Å². The van der Waals surface area contributed by atoms with Gasteiger partial charge in [0, 0.05) is 29.3 Å². The van der Waals surface area contributed by atoms with Gasteiger partial charge in [-0.2, -0.15) is 0 Å². The summed E-state index contributed by atoms with van der Waals surface area (Å²) in [4.78, 5) is 44.4. The number of halogens is 3. The summed E-state index contributed by atoms with van der Waals surface area (Å²) in [6.07, 6.45) is 9.07. The fourth-order valence-corrected chi connectivity index (χ4v) is 6.22. The number of para-hydroxylation sites is 2. The quantitative estimate of drug-likeness (QED) is 0.0784. The molecule has 3 aromatic carbocycles. The van der Waals surface area contributed by atoms with Crippen LogP contribution in [0.2, 0.25) is 10.0 Å². The fraction of sp³-hybridized carbons (Fsp3) is 0.405. The smallest absolute Gasteiger partial charge is 0.494 e. The molecule has 4 rings (SSSR count). The molecule has 0 saturated carbocycles. The molecule has 1 aliphatic rings. The average Bonchev–Trinajstić information content (AvgIpc) is 3.40. The van der Waals surface area contributed by atoms with Crippen molar-refractivity contribution in [2.45, 2.75) is 90.3 Å². The Kier molecular flexibility index (Phi) is 15.5. The van der Waals surface area contributed by atoms with Gasteiger partial charge >= 0.3 is 6.16 Å². The molecule has 10 nitrogen and oxygen atoms in total. The van der Waals surface area contributed by atoms with Crippen molar-refractivity contribution in [1.29, 1.82) is 0 Å². The number of carbonyl (C=O) groups is 3. The molecule has 1 fully saturated rings. The van der Waals surface area contributed by atoms with E-state index in [0.717, 1.165) is 34.3 Å². The Labute approximate surface area is 308 Å². The number of anilines is 2. The summed E-state index contributed by atoms with van der Waals surface area (Å²) >= 11 is 19.3. The first-order valence-corrected chi connectivity index (χ1v) is 18.0. The molecule has 1 unspecified atom stereocenters. The van der Waals surface area contributed by atoms with Crippen LogP contribution in [0.5, 0.6) is 5.75 Å². The second-order valence-corrected chi connectivity index (χ2v) is 13.0. The molecule has 1 atom stereocenters. The molecular formula is C37H43Cl3N4O6. The van der Waals surface area contributed by atoms with Crippen molar-refractivity contribution < 1.29 is 28.6 Å². The van der Waals surface area contributed by atoms with E-state index in [2.05, 4.69) is 17.3 Å². The Hall–Kier alpha value is -3.99. The van der Waals surface area contributed by atoms with Gasteiger partial charge in [0.1, 0.15) is 18.0 Å². The van der Waals surface area contributed by atoms with Gasteiger partial charge < -0.3 is 14.2 Å². The number of benzene rings is 3. The highest BCUT2D eigenvalue weighted by Gasteiger charge is 2.44. The molecule has 0 aliphatic carbocycles. The largest absolute Gasteiger partial charge is 0.509 e. The Morgan fingerprint density at radius 3 is 2.22 bits per heavy atom. The molecule has 50 heavy (non-hydrogen) atoms. The maximum atomic E-state index is 13.8. The first-order chi connectivity index (χ1) is 24.2. The summed E-state index contributed by atoms with van der Waals surface area (Å²) in [5.41, 5.74) is 4.28. The number of unbranched alkanes of at least 4 members (excludes halogenated alkanes) is 9. The van der Waals surface area contributed by atoms with Crippen LogP contribution < -0.4 is 19.6 Å². The predicted molar refractivity (Wildman–Crippen MR) is 198 cm³/mol. The van der Waals surface area contributed by atoms with Gasteiger partial charge in [-0.25, -0.2) is 19.2 Å². The number of rotatable bonds is 18. The maximum absolute atomic E-state index is 13.8. The number of nitrogens with zero attached hydrogens (tertiary/aromatic N) is 3. The molecule has 1 N–H and O–H groups in total. The lowest BCUT2D eigenvalue weighted by Crippen LogP contribution is -2.36. The summed E-state index contributed by atoms with van der Waals surface area (Å²) in [5.74, 6) is -0.926. The Morgan fingerprint density at radius 1 is 0.900 bits per heavy atom. The Morgan fingerprint density at radius 2 is 1.54 bits per heavy atom. The lowest BCUT2D eigenvalue weighted by Gasteiger charge is -2.20. The van der Waals surface area contributed by atoms with Crippen molar-refractivity contribution in [1.82, 2.24) is 5.43 Å². The zero-order valence-electron chi connectivity index (χ0n) is 28.3. The number of ether oxygens (including phenoxy) is 3. The molecular weight excluding hydrogens is 703 g/mol. The van der Waals surface area contributed by atoms with Crippen LogP contribution in [0.4, 0.5) is 21.9 Å². The van der Waals surface area contributed by atoms with Crippen LogP contribution in [0.3, 0.4) is 0 Å². The number of amidine groups is 1. The monoisotopic (exact) mass is 744 g/mol. The minimum absolute atomic E-state index is 0.0771. The third-order valence-electron chi connectivity index (χ3n) is 8.07. The van der Waals surface area contributed by atoms with Gasteiger partial charge in [-0.15, -0.1) is 0 Å². The molecule has 1 aliphatic heterocycles. The zero-order chi connectivity index (χ0) is 35.9. The highest BCUT2D eigenvalue weighted by molar-refractivity contribution is 6.38. The highest BCUT2D eigenvalue weighted by Crippen LogP contribution is 2.40. The van der Waals surface area contributed by atoms with Crippen LogP contribution in [0.1, 0.15) is 83.1 Å². The van der Waals surface area contributed by atoms with Crippen LogP contribution >= 0.6 is 35.0 Å². The second kappa shape index (κ2) is 20.0. The standard InChI is InChI=1S/C37H43Cl3N4O6/c1-3-4-5-6-7-8-9-10-11-15-22-32(45)43(40)30-21-17-16-20-29(30)41-35-34(50-37(47)49-25-26-18-13-12-14-19-26)36(46)44(42-35)33-28(39)23-27(38)24-31(33)48-2/h12-14,16-21,23-24,34H,3-11,15,22,25H2,1-2H3,(H,41,42). The van der Waals surface area contributed by atoms with E-state index in [-0.39, 0.29) is 51.9 Å². The van der Waals surface area contributed by atoms with Crippen molar-refractivity contribution in [2.24, 2.45) is 4.99 Å². The van der Waals surface area contributed by atoms with Gasteiger partial charge in [-0.05, 0) is 30.2 Å². The van der Waals surface area contributed by atoms with E-state index in [0.29, 0.717) is 12.1 Å². The van der Waals surface area contributed by atoms with Gasteiger partial charge in [-0.3, -0.25) is 15.0 Å². The summed E-state index contributed by atoms with van der Waals surface area (Å²) in [5, 5.41) is 1.43. The molecule has 0 bridgehead atoms. The number of amides is 2. The van der Waals surface area contributed by atoms with E-state index in [1.807, 2.05) is 6.07 Å². The molecule has 13 heteroatoms. The van der Waals surface area contributed by atoms with Crippen molar-refractivity contribution in [2.75, 3.05) is 16.5 Å². The minimum atomic E-state index is -1.58. The van der Waals surface area contributed by atoms with E-state index >= 15 is 0 Å². The number of hydrogen-bond acceptors (Lipinski definition) is 7. The van der Waals surface area contributed by atoms with Crippen LogP contribution in [0, 0.1) is 0 Å². The molecule has 0 spiro atoms. The number of hydrogen-bond donors (Lipinski definition) is 1. The van der Waals surface area contributed by atoms with Gasteiger partial charge in [0.05, 0.1) is 23.5 Å². The molecule has 3 aromatic rings. The Bertz CT molecular complexity index is 1620. The van der Waals surface area contributed by atoms with Crippen molar-refractivity contribution in [3.05, 3.63) is 82.3 Å². The van der Waals surface area contributed by atoms with Crippen molar-refractivity contribution >= 4 is 75.8 Å². The van der Waals surface area contributed by atoms with Gasteiger partial charge in [0.2, 0.25) is 12.0 Å². The number of carbonyl (C=O) groups excluding carboxylic acids is 3. The predicted octanol–water partition coefficient (Wildman–Crippen LogP) is 10.1. The van der Waals surface area contributed by atoms with Crippen molar-refractivity contribution in [3.8, 4) is 5.75 Å². The molecule has 0 aromatic heterocycles. The van der Waals surface area contributed by atoms with E-state index in [9.17, 15) is 14.4 Å². The summed E-state index contributed by atoms with van der Waals surface area (Å²) < 4.78 is 17.3. The van der Waals surface area contributed by atoms with Crippen molar-refractivity contribution in [3.63, 3.8) is 0 Å². The van der Waals surface area contributed by atoms with Gasteiger partial charge in [0.25, 0.3) is 5.91 Å². The topological polar surface area (TPSA) is 110 Å². The van der Waals surface area contributed by atoms with Gasteiger partial charge in [-0.1, -0.05) is 130 Å². The third-order valence-corrected chi connectivity index (χ3v) is 8.94. The average molecular weight is 746 g/mol. The number of methoxy groups -OCH3 is 1. The lowest BCUT2D eigenvalue weighted by molar-refractivity contribution is -0.124. The summed E-state index contributed by atoms with van der Waals surface area (Å²) in [7, 11) is 1.40. The van der Waals surface area contributed by atoms with E-state index < -0.39 is 18.2 Å². The molecule has 1 saturated heterocycles. The van der Waals surface area contributed by atoms with E-state index in [1.165, 1.54) is 57.8 Å². The van der Waals surface area contributed by atoms with Crippen LogP contribution in [-0.4, -0.2) is 37.0 Å². The van der Waals surface area contributed by atoms with Crippen LogP contribution in [-0.2, 0) is 25.7 Å². The first kappa shape index (κ1) is 38.8. The van der Waals surface area contributed by atoms with Gasteiger partial charge in [0.15, 0.2) is 5.84 Å². The number of aliphatic imine (C=N–C) groups is 1.